The number of hydrogen-bond acceptors (Lipinski definition) is 16. The molecule has 5 rings (SSSR count). The third-order valence-corrected chi connectivity index (χ3v) is 16.5. The lowest BCUT2D eigenvalue weighted by molar-refractivity contribution is -0.266. The predicted octanol–water partition coefficient (Wildman–Crippen LogP) is 6.02. The van der Waals surface area contributed by atoms with Crippen molar-refractivity contribution in [2.45, 2.75) is 167 Å². The Kier molecular flexibility index (Phi) is 25.0. The summed E-state index contributed by atoms with van der Waals surface area (Å²) in [6, 6.07) is -1.13. The first-order valence-electron chi connectivity index (χ1n) is 27.6. The van der Waals surface area contributed by atoms with Gasteiger partial charge in [0.1, 0.15) is 30.1 Å². The fraction of sp³-hybridized carbons (Fsp3) is 0.776. The maximum Gasteiger partial charge on any atom is 0.329 e. The fourth-order valence-electron chi connectivity index (χ4n) is 12.1. The lowest BCUT2D eigenvalue weighted by atomic mass is 9.68. The lowest BCUT2D eigenvalue weighted by Gasteiger charge is -2.50. The fourth-order valence-corrected chi connectivity index (χ4v) is 12.1. The topological polar surface area (TPSA) is 206 Å². The third kappa shape index (κ3) is 16.8. The van der Waals surface area contributed by atoms with E-state index in [2.05, 4.69) is 6.92 Å². The molecule has 424 valence electrons. The molecule has 17 nitrogen and oxygen atoms in total. The Hall–Kier alpha value is -3.49. The maximum absolute atomic E-state index is 14.8. The maximum atomic E-state index is 14.8. The summed E-state index contributed by atoms with van der Waals surface area (Å²) >= 11 is 0. The zero-order valence-corrected chi connectivity index (χ0v) is 46.9. The van der Waals surface area contributed by atoms with E-state index in [0.717, 1.165) is 18.5 Å². The van der Waals surface area contributed by atoms with Gasteiger partial charge in [-0.25, -0.2) is 4.79 Å². The van der Waals surface area contributed by atoms with Crippen LogP contribution in [0.4, 0.5) is 0 Å². The molecule has 0 aromatic carbocycles. The van der Waals surface area contributed by atoms with Crippen molar-refractivity contribution in [2.24, 2.45) is 41.4 Å². The first kappa shape index (κ1) is 62.4. The highest BCUT2D eigenvalue weighted by Crippen LogP contribution is 2.45. The third-order valence-electron chi connectivity index (χ3n) is 16.5. The number of piperidine rings is 1. The van der Waals surface area contributed by atoms with Crippen LogP contribution < -0.4 is 0 Å². The first-order chi connectivity index (χ1) is 35.8. The van der Waals surface area contributed by atoms with Crippen LogP contribution >= 0.6 is 0 Å². The van der Waals surface area contributed by atoms with Gasteiger partial charge in [-0.15, -0.1) is 0 Å². The van der Waals surface area contributed by atoms with Crippen molar-refractivity contribution in [2.75, 3.05) is 81.5 Å². The van der Waals surface area contributed by atoms with E-state index in [1.165, 1.54) is 19.1 Å². The van der Waals surface area contributed by atoms with Gasteiger partial charge in [-0.1, -0.05) is 64.2 Å². The average molecular weight is 1060 g/mol. The standard InChI is InChI=1S/C58H92N2O15/c1-36-16-13-12-14-17-37(2)48(73-29-28-71-26-24-59(7)8)34-43-21-19-41(6)58(67,75-43)55(64)56(65)60-23-15-18-44-45(32-42-20-22-47(72-27-25-61)50(33-42)68-9)49(74-57(66)51(44)60)35-46(62)38(3)31-40(5)53(69-10)54(70-11)52(63)39(4)30-36/h12-14,16-17,31,36,38-39,41-45,47-51,53-54,61,67H,15,18-30,32-35H2,1-11H3/b14-12+,16-13+,37-17+,40-31+/t36-,38-,39-,41-,42+,43+,44-,45?,47-,48?,49+,50-,51?,53-,54+,58-/m1/s1. The number of Topliss-reactive ketones (excluding diaryl/α,β-unsaturated/α-hetero) is 3. The minimum atomic E-state index is -2.47. The summed E-state index contributed by atoms with van der Waals surface area (Å²) in [4.78, 5) is 75.7. The number of allylic oxidation sites excluding steroid dienone is 6. The summed E-state index contributed by atoms with van der Waals surface area (Å²) in [5, 5.41) is 21.8. The molecule has 4 aliphatic heterocycles. The number of carbonyl (C=O) groups excluding carboxylic acids is 5. The Morgan fingerprint density at radius 2 is 1.55 bits per heavy atom. The summed E-state index contributed by atoms with van der Waals surface area (Å²) in [6.45, 7) is 13.3. The Bertz CT molecular complexity index is 2000. The highest BCUT2D eigenvalue weighted by Gasteiger charge is 2.57. The number of ketones is 3. The van der Waals surface area contributed by atoms with Crippen LogP contribution in [-0.2, 0) is 61.9 Å². The summed E-state index contributed by atoms with van der Waals surface area (Å²) in [5.74, 6) is -8.10. The van der Waals surface area contributed by atoms with E-state index in [1.807, 2.05) is 70.1 Å². The van der Waals surface area contributed by atoms with Gasteiger partial charge in [0.15, 0.2) is 5.78 Å². The molecule has 5 aliphatic rings. The van der Waals surface area contributed by atoms with Gasteiger partial charge >= 0.3 is 5.97 Å². The zero-order chi connectivity index (χ0) is 55.0. The summed E-state index contributed by atoms with van der Waals surface area (Å²) in [6.07, 6.45) is 12.7. The number of fused-ring (bicyclic) bond motifs is 4. The Morgan fingerprint density at radius 1 is 0.800 bits per heavy atom. The van der Waals surface area contributed by atoms with Gasteiger partial charge in [0.25, 0.3) is 11.7 Å². The number of aliphatic hydroxyl groups excluding tert-OH is 1. The second-order valence-corrected chi connectivity index (χ2v) is 22.3. The van der Waals surface area contributed by atoms with Gasteiger partial charge < -0.3 is 57.9 Å². The van der Waals surface area contributed by atoms with E-state index in [1.54, 1.807) is 27.0 Å². The molecule has 2 N–H and O–H groups in total. The summed E-state index contributed by atoms with van der Waals surface area (Å²) in [5.41, 5.74) is 1.52. The molecule has 1 aliphatic carbocycles. The number of nitrogens with zero attached hydrogens (tertiary/aromatic N) is 2. The predicted molar refractivity (Wildman–Crippen MR) is 282 cm³/mol. The summed E-state index contributed by atoms with van der Waals surface area (Å²) in [7, 11) is 8.59. The van der Waals surface area contributed by atoms with Crippen molar-refractivity contribution >= 4 is 29.2 Å². The minimum Gasteiger partial charge on any atom is -0.460 e. The van der Waals surface area contributed by atoms with E-state index in [0.29, 0.717) is 70.2 Å². The zero-order valence-electron chi connectivity index (χ0n) is 46.9. The number of methoxy groups -OCH3 is 3. The monoisotopic (exact) mass is 1060 g/mol. The molecule has 0 spiro atoms. The van der Waals surface area contributed by atoms with Crippen LogP contribution in [-0.4, -0.2) is 185 Å². The minimum absolute atomic E-state index is 0.0388. The molecular formula is C58H92N2O15. The second-order valence-electron chi connectivity index (χ2n) is 22.3. The van der Waals surface area contributed by atoms with Crippen LogP contribution in [0, 0.1) is 41.4 Å². The number of carbonyl (C=O) groups is 5. The van der Waals surface area contributed by atoms with Crippen molar-refractivity contribution < 1.29 is 72.1 Å². The number of rotatable bonds is 15. The molecule has 1 saturated carbocycles. The van der Waals surface area contributed by atoms with E-state index >= 15 is 0 Å². The van der Waals surface area contributed by atoms with Gasteiger partial charge in [-0.3, -0.25) is 19.2 Å². The lowest BCUT2D eigenvalue weighted by Crippen LogP contribution is -2.65. The van der Waals surface area contributed by atoms with Crippen LogP contribution in [0.15, 0.2) is 47.6 Å². The molecule has 4 bridgehead atoms. The molecule has 0 aromatic rings. The van der Waals surface area contributed by atoms with Gasteiger partial charge in [0.2, 0.25) is 5.79 Å². The quantitative estimate of drug-likeness (QED) is 0.0833. The summed E-state index contributed by atoms with van der Waals surface area (Å²) < 4.78 is 48.5. The van der Waals surface area contributed by atoms with Crippen molar-refractivity contribution in [3.05, 3.63) is 47.6 Å². The number of aliphatic hydroxyl groups is 2. The smallest absolute Gasteiger partial charge is 0.329 e. The normalized spacial score (nSPS) is 38.7. The van der Waals surface area contributed by atoms with Crippen LogP contribution in [0.5, 0.6) is 0 Å². The Balaban J connectivity index is 1.51. The van der Waals surface area contributed by atoms with Gasteiger partial charge in [-0.2, -0.15) is 0 Å². The van der Waals surface area contributed by atoms with Crippen molar-refractivity contribution in [1.29, 1.82) is 0 Å². The first-order valence-corrected chi connectivity index (χ1v) is 27.6. The number of hydrogen-bond donors (Lipinski definition) is 2. The van der Waals surface area contributed by atoms with Gasteiger partial charge in [-0.05, 0) is 115 Å². The number of esters is 1. The molecule has 75 heavy (non-hydrogen) atoms. The molecule has 0 radical (unpaired) electrons. The van der Waals surface area contributed by atoms with E-state index in [9.17, 15) is 34.2 Å². The van der Waals surface area contributed by atoms with Crippen molar-refractivity contribution in [1.82, 2.24) is 9.80 Å². The Morgan fingerprint density at radius 3 is 2.24 bits per heavy atom. The number of likely N-dealkylation sites (N-methyl/N-ethyl adjacent to an activating group) is 1. The van der Waals surface area contributed by atoms with E-state index in [-0.39, 0.29) is 86.7 Å². The van der Waals surface area contributed by atoms with Gasteiger partial charge in [0.05, 0.1) is 57.5 Å². The SMILES string of the molecule is CO[C@@H]1/C(C)=C/[C@@H](C)C(=O)C[C@@H]2OC(=O)C3[C@H](CCCN3C(=O)C(=O)[C@]3(O)O[C@@H](CC[C@H]3C)CC(OCCOCCN(C)C)/C(C)=C/C=C/C=C/[C@@H](C)C[C@@H](C)C(=O)[C@@H]1OC)C2C[C@@H]1CC[C@@H](OCCO)[C@H](OC)C1. The molecule has 16 atom stereocenters. The van der Waals surface area contributed by atoms with E-state index in [4.69, 9.17) is 37.9 Å². The number of amides is 1. The highest BCUT2D eigenvalue weighted by atomic mass is 16.6. The van der Waals surface area contributed by atoms with Crippen molar-refractivity contribution in [3.63, 3.8) is 0 Å². The molecule has 1 amide bonds. The molecular weight excluding hydrogens is 965 g/mol. The molecule has 4 fully saturated rings. The van der Waals surface area contributed by atoms with Crippen molar-refractivity contribution in [3.8, 4) is 0 Å². The highest BCUT2D eigenvalue weighted by molar-refractivity contribution is 6.39. The largest absolute Gasteiger partial charge is 0.460 e. The Labute approximate surface area is 447 Å². The van der Waals surface area contributed by atoms with Crippen LogP contribution in [0.2, 0.25) is 0 Å². The van der Waals surface area contributed by atoms with Crippen LogP contribution in [0.25, 0.3) is 0 Å². The average Bonchev–Trinajstić information content (AvgIpc) is 3.38. The van der Waals surface area contributed by atoms with E-state index < -0.39 is 77.8 Å². The molecule has 0 aromatic heterocycles. The molecule has 3 saturated heterocycles. The molecule has 17 heteroatoms. The van der Waals surface area contributed by atoms with Gasteiger partial charge in [0, 0.05) is 70.9 Å². The molecule has 3 unspecified atom stereocenters. The second kappa shape index (κ2) is 30.0. The number of ether oxygens (including phenoxy) is 8. The van der Waals surface area contributed by atoms with Crippen LogP contribution in [0.1, 0.15) is 112 Å². The van der Waals surface area contributed by atoms with Crippen LogP contribution in [0.3, 0.4) is 0 Å². The molecule has 4 heterocycles.